The minimum atomic E-state index is -1.04. The Morgan fingerprint density at radius 2 is 1.95 bits per heavy atom. The number of nitrogens with zero attached hydrogens (tertiary/aromatic N) is 1. The van der Waals surface area contributed by atoms with Gasteiger partial charge in [0.15, 0.2) is 4.90 Å². The zero-order chi connectivity index (χ0) is 14.4. The lowest BCUT2D eigenvalue weighted by Crippen LogP contribution is -2.21. The van der Waals surface area contributed by atoms with Gasteiger partial charge in [-0.2, -0.15) is 0 Å². The highest BCUT2D eigenvalue weighted by atomic mass is 32.3. The van der Waals surface area contributed by atoms with Crippen molar-refractivity contribution in [3.63, 3.8) is 0 Å². The first-order valence-electron chi connectivity index (χ1n) is 7.31. The van der Waals surface area contributed by atoms with Gasteiger partial charge in [-0.05, 0) is 18.6 Å². The van der Waals surface area contributed by atoms with E-state index < -0.39 is 11.4 Å². The molecular weight excluding hydrogens is 290 g/mol. The van der Waals surface area contributed by atoms with Crippen LogP contribution in [0.4, 0.5) is 0 Å². The number of ether oxygens (including phenoxy) is 1. The lowest BCUT2D eigenvalue weighted by molar-refractivity contribution is 0.412. The third kappa shape index (κ3) is 4.07. The average molecular weight is 313 g/mol. The van der Waals surface area contributed by atoms with E-state index in [0.717, 1.165) is 28.5 Å². The molecule has 5 heteroatoms. The maximum atomic E-state index is 12.4. The summed E-state index contributed by atoms with van der Waals surface area (Å²) in [6.45, 7) is 3.12. The Hall–Kier alpha value is -0.360. The maximum absolute atomic E-state index is 12.4. The predicted octanol–water partition coefficient (Wildman–Crippen LogP) is 4.40. The van der Waals surface area contributed by atoms with Gasteiger partial charge in [0.1, 0.15) is 5.75 Å². The summed E-state index contributed by atoms with van der Waals surface area (Å²) in [6, 6.07) is 5.81. The molecule has 0 saturated heterocycles. The van der Waals surface area contributed by atoms with Crippen LogP contribution in [0.25, 0.3) is 0 Å². The van der Waals surface area contributed by atoms with E-state index in [4.69, 9.17) is 4.74 Å². The largest absolute Gasteiger partial charge is 0.592 e. The van der Waals surface area contributed by atoms with E-state index in [-0.39, 0.29) is 0 Å². The van der Waals surface area contributed by atoms with E-state index >= 15 is 0 Å². The number of rotatable bonds is 8. The molecule has 0 aromatic heterocycles. The van der Waals surface area contributed by atoms with Gasteiger partial charge < -0.3 is 9.29 Å². The number of hydrogen-bond acceptors (Lipinski definition) is 4. The van der Waals surface area contributed by atoms with Gasteiger partial charge in [-0.1, -0.05) is 42.7 Å². The monoisotopic (exact) mass is 313 g/mol. The van der Waals surface area contributed by atoms with Crippen LogP contribution in [0.3, 0.4) is 0 Å². The summed E-state index contributed by atoms with van der Waals surface area (Å²) in [6.07, 6.45) is 7.57. The second-order valence-corrected chi connectivity index (χ2v) is 7.65. The Bertz CT molecular complexity index is 428. The summed E-state index contributed by atoms with van der Waals surface area (Å²) in [5.41, 5.74) is 0. The summed E-state index contributed by atoms with van der Waals surface area (Å²) < 4.78 is 19.6. The molecule has 1 aliphatic heterocycles. The lowest BCUT2D eigenvalue weighted by Gasteiger charge is -2.14. The molecular formula is C15H23NO2S2. The molecule has 1 aliphatic rings. The van der Waals surface area contributed by atoms with Gasteiger partial charge in [-0.3, -0.25) is 0 Å². The highest BCUT2D eigenvalue weighted by molar-refractivity contribution is 8.11. The van der Waals surface area contributed by atoms with E-state index in [1.54, 1.807) is 19.1 Å². The molecule has 0 radical (unpaired) electrons. The van der Waals surface area contributed by atoms with Crippen molar-refractivity contribution in [1.82, 2.24) is 3.71 Å². The van der Waals surface area contributed by atoms with Crippen molar-refractivity contribution in [3.05, 3.63) is 18.2 Å². The molecule has 1 unspecified atom stereocenters. The standard InChI is InChI=1S/C15H23NO2S2/c1-3-4-5-6-7-8-11-16-19-14-10-9-13(18-2)12-15(14)20(16)17/h9-10,12H,3-8,11H2,1-2H3. The number of fused-ring (bicyclic) bond motifs is 1. The molecule has 0 saturated carbocycles. The summed E-state index contributed by atoms with van der Waals surface area (Å²) in [5, 5.41) is 0. The van der Waals surface area contributed by atoms with Crippen molar-refractivity contribution >= 4 is 23.3 Å². The van der Waals surface area contributed by atoms with Gasteiger partial charge in [0, 0.05) is 18.0 Å². The van der Waals surface area contributed by atoms with E-state index in [0.29, 0.717) is 0 Å². The van der Waals surface area contributed by atoms with Gasteiger partial charge in [0.25, 0.3) is 0 Å². The molecule has 0 spiro atoms. The fourth-order valence-electron chi connectivity index (χ4n) is 2.23. The normalized spacial score (nSPS) is 18.2. The van der Waals surface area contributed by atoms with Crippen molar-refractivity contribution < 1.29 is 9.29 Å². The molecule has 20 heavy (non-hydrogen) atoms. The molecule has 0 bridgehead atoms. The minimum absolute atomic E-state index is 0.777. The summed E-state index contributed by atoms with van der Waals surface area (Å²) in [7, 11) is 1.64. The molecule has 0 fully saturated rings. The highest BCUT2D eigenvalue weighted by Crippen LogP contribution is 2.43. The highest BCUT2D eigenvalue weighted by Gasteiger charge is 2.35. The van der Waals surface area contributed by atoms with Crippen molar-refractivity contribution in [2.45, 2.75) is 55.2 Å². The Labute approximate surface area is 129 Å². The van der Waals surface area contributed by atoms with Crippen LogP contribution in [0, 0.1) is 0 Å². The fraction of sp³-hybridized carbons (Fsp3) is 0.600. The van der Waals surface area contributed by atoms with Gasteiger partial charge >= 0.3 is 0 Å². The Morgan fingerprint density at radius 3 is 2.70 bits per heavy atom. The van der Waals surface area contributed by atoms with Crippen LogP contribution in [-0.4, -0.2) is 21.9 Å². The topological polar surface area (TPSA) is 35.5 Å². The van der Waals surface area contributed by atoms with Crippen LogP contribution in [0.15, 0.2) is 28.0 Å². The zero-order valence-corrected chi connectivity index (χ0v) is 13.9. The average Bonchev–Trinajstić information content (AvgIpc) is 2.79. The third-order valence-corrected chi connectivity index (χ3v) is 6.38. The number of unbranched alkanes of at least 4 members (excludes halogenated alkanes) is 5. The molecule has 1 atom stereocenters. The van der Waals surface area contributed by atoms with E-state index in [1.807, 2.05) is 21.9 Å². The van der Waals surface area contributed by atoms with Crippen LogP contribution in [0.1, 0.15) is 45.4 Å². The van der Waals surface area contributed by atoms with E-state index in [9.17, 15) is 4.55 Å². The molecule has 1 heterocycles. The third-order valence-electron chi connectivity index (χ3n) is 3.42. The van der Waals surface area contributed by atoms with Crippen molar-refractivity contribution in [3.8, 4) is 5.75 Å². The van der Waals surface area contributed by atoms with Crippen molar-refractivity contribution in [1.29, 1.82) is 0 Å². The Morgan fingerprint density at radius 1 is 1.20 bits per heavy atom. The van der Waals surface area contributed by atoms with Crippen LogP contribution in [0.2, 0.25) is 0 Å². The van der Waals surface area contributed by atoms with Crippen LogP contribution < -0.4 is 4.74 Å². The molecule has 1 aromatic carbocycles. The SMILES string of the molecule is CCCCCCCCN1Sc2ccc(OC)cc2[S+]1[O-]. The van der Waals surface area contributed by atoms with Gasteiger partial charge in [0.05, 0.1) is 29.9 Å². The quantitative estimate of drug-likeness (QED) is 0.405. The van der Waals surface area contributed by atoms with Gasteiger partial charge in [-0.15, -0.1) is 0 Å². The molecule has 0 N–H and O–H groups in total. The lowest BCUT2D eigenvalue weighted by atomic mass is 10.1. The maximum Gasteiger partial charge on any atom is 0.193 e. The second-order valence-electron chi connectivity index (χ2n) is 4.98. The molecule has 0 amide bonds. The second kappa shape index (κ2) is 8.17. The van der Waals surface area contributed by atoms with Crippen LogP contribution >= 0.6 is 11.9 Å². The van der Waals surface area contributed by atoms with Gasteiger partial charge in [-0.25, -0.2) is 0 Å². The smallest absolute Gasteiger partial charge is 0.193 e. The first kappa shape index (κ1) is 16.0. The predicted molar refractivity (Wildman–Crippen MR) is 85.3 cm³/mol. The number of methoxy groups -OCH3 is 1. The van der Waals surface area contributed by atoms with Crippen molar-refractivity contribution in [2.24, 2.45) is 0 Å². The molecule has 0 aliphatic carbocycles. The van der Waals surface area contributed by atoms with Crippen molar-refractivity contribution in [2.75, 3.05) is 13.7 Å². The first-order chi connectivity index (χ1) is 9.76. The van der Waals surface area contributed by atoms with Gasteiger partial charge in [0.2, 0.25) is 0 Å². The number of benzene rings is 1. The van der Waals surface area contributed by atoms with E-state index in [1.165, 1.54) is 32.1 Å². The number of hydrogen-bond donors (Lipinski definition) is 0. The summed E-state index contributed by atoms with van der Waals surface area (Å²) in [4.78, 5) is 1.98. The Kier molecular flexibility index (Phi) is 6.55. The summed E-state index contributed by atoms with van der Waals surface area (Å²) >= 11 is 0.569. The van der Waals surface area contributed by atoms with Crippen LogP contribution in [0.5, 0.6) is 5.75 Å². The zero-order valence-electron chi connectivity index (χ0n) is 12.3. The van der Waals surface area contributed by atoms with E-state index in [2.05, 4.69) is 6.92 Å². The molecule has 112 valence electrons. The Balaban J connectivity index is 1.78. The fourth-order valence-corrected chi connectivity index (χ4v) is 5.00. The first-order valence-corrected chi connectivity index (χ1v) is 9.19. The molecule has 1 aromatic rings. The summed E-state index contributed by atoms with van der Waals surface area (Å²) in [5.74, 6) is 0.777. The molecule has 2 rings (SSSR count). The van der Waals surface area contributed by atoms with Crippen LogP contribution in [-0.2, 0) is 11.4 Å². The minimum Gasteiger partial charge on any atom is -0.592 e. The molecule has 3 nitrogen and oxygen atoms in total.